The van der Waals surface area contributed by atoms with E-state index in [1.54, 1.807) is 67.8 Å². The highest BCUT2D eigenvalue weighted by Crippen LogP contribution is 2.43. The summed E-state index contributed by atoms with van der Waals surface area (Å²) in [6.45, 7) is 6.33. The van der Waals surface area contributed by atoms with Crippen molar-refractivity contribution in [2.45, 2.75) is 33.2 Å². The molecule has 1 fully saturated rings. The van der Waals surface area contributed by atoms with Crippen LogP contribution in [0.25, 0.3) is 5.76 Å². The number of rotatable bonds is 7. The normalized spacial score (nSPS) is 16.9. The number of benzene rings is 3. The fourth-order valence-electron chi connectivity index (χ4n) is 4.26. The van der Waals surface area contributed by atoms with Gasteiger partial charge < -0.3 is 14.6 Å². The van der Waals surface area contributed by atoms with Crippen molar-refractivity contribution in [3.05, 3.63) is 93.5 Å². The first kappa shape index (κ1) is 25.3. The summed E-state index contributed by atoms with van der Waals surface area (Å²) in [6, 6.07) is 16.6. The van der Waals surface area contributed by atoms with E-state index in [-0.39, 0.29) is 11.3 Å². The molecule has 1 unspecified atom stereocenters. The summed E-state index contributed by atoms with van der Waals surface area (Å²) in [5.74, 6) is -0.423. The van der Waals surface area contributed by atoms with Gasteiger partial charge in [-0.25, -0.2) is 0 Å². The molecule has 0 bridgehead atoms. The van der Waals surface area contributed by atoms with Crippen molar-refractivity contribution in [2.24, 2.45) is 0 Å². The Morgan fingerprint density at radius 2 is 1.72 bits per heavy atom. The van der Waals surface area contributed by atoms with Crippen LogP contribution >= 0.6 is 11.6 Å². The van der Waals surface area contributed by atoms with E-state index in [0.29, 0.717) is 39.9 Å². The summed E-state index contributed by atoms with van der Waals surface area (Å²) >= 11 is 6.36. The largest absolute Gasteiger partial charge is 0.507 e. The van der Waals surface area contributed by atoms with E-state index in [4.69, 9.17) is 21.1 Å². The third-order valence-electron chi connectivity index (χ3n) is 6.22. The fourth-order valence-corrected chi connectivity index (χ4v) is 4.43. The number of ketones is 1. The van der Waals surface area contributed by atoms with Crippen LogP contribution in [-0.4, -0.2) is 30.5 Å². The van der Waals surface area contributed by atoms with Crippen molar-refractivity contribution in [3.63, 3.8) is 0 Å². The minimum atomic E-state index is -0.856. The first-order chi connectivity index (χ1) is 17.3. The number of carbonyl (C=O) groups excluding carboxylic acids is 2. The Bertz CT molecular complexity index is 1350. The van der Waals surface area contributed by atoms with E-state index in [9.17, 15) is 14.7 Å². The van der Waals surface area contributed by atoms with Gasteiger partial charge in [0.15, 0.2) is 0 Å². The van der Waals surface area contributed by atoms with Crippen molar-refractivity contribution in [1.82, 2.24) is 0 Å². The Balaban J connectivity index is 1.88. The molecule has 0 saturated carbocycles. The van der Waals surface area contributed by atoms with Gasteiger partial charge in [-0.3, -0.25) is 14.5 Å². The van der Waals surface area contributed by atoms with Crippen LogP contribution in [0.1, 0.15) is 41.6 Å². The molecule has 0 aliphatic carbocycles. The number of amides is 1. The molecule has 186 valence electrons. The number of carbonyl (C=O) groups is 2. The summed E-state index contributed by atoms with van der Waals surface area (Å²) in [5, 5.41) is 11.9. The van der Waals surface area contributed by atoms with E-state index in [1.807, 2.05) is 20.8 Å². The minimum absolute atomic E-state index is 0.00323. The molecule has 1 aliphatic heterocycles. The molecule has 0 radical (unpaired) electrons. The van der Waals surface area contributed by atoms with Gasteiger partial charge in [0.05, 0.1) is 25.3 Å². The molecule has 0 spiro atoms. The zero-order valence-corrected chi connectivity index (χ0v) is 21.4. The number of hydrogen-bond acceptors (Lipinski definition) is 5. The van der Waals surface area contributed by atoms with Gasteiger partial charge >= 0.3 is 0 Å². The Hall–Kier alpha value is -3.77. The predicted molar refractivity (Wildman–Crippen MR) is 141 cm³/mol. The highest BCUT2D eigenvalue weighted by molar-refractivity contribution is 6.51. The lowest BCUT2D eigenvalue weighted by Gasteiger charge is -2.26. The summed E-state index contributed by atoms with van der Waals surface area (Å²) in [4.78, 5) is 28.1. The quantitative estimate of drug-likeness (QED) is 0.229. The number of anilines is 1. The first-order valence-electron chi connectivity index (χ1n) is 11.7. The second-order valence-corrected chi connectivity index (χ2v) is 9.11. The SMILES string of the molecule is CCCOc1ccc(/C(O)=C2\C(=O)C(=O)N(c3ccc(C)c(Cl)c3)C2c2ccc(OC)cc2)cc1C. The molecular weight excluding hydrogens is 478 g/mol. The minimum Gasteiger partial charge on any atom is -0.507 e. The maximum Gasteiger partial charge on any atom is 0.300 e. The topological polar surface area (TPSA) is 76.1 Å². The average Bonchev–Trinajstić information content (AvgIpc) is 3.14. The van der Waals surface area contributed by atoms with Crippen LogP contribution in [0.5, 0.6) is 11.5 Å². The van der Waals surface area contributed by atoms with Crippen LogP contribution in [0.3, 0.4) is 0 Å². The number of hydrogen-bond donors (Lipinski definition) is 1. The third-order valence-corrected chi connectivity index (χ3v) is 6.63. The zero-order valence-electron chi connectivity index (χ0n) is 20.7. The second-order valence-electron chi connectivity index (χ2n) is 8.70. The number of aliphatic hydroxyl groups is 1. The van der Waals surface area contributed by atoms with Crippen LogP contribution in [0.2, 0.25) is 5.02 Å². The molecule has 1 amide bonds. The molecule has 4 rings (SSSR count). The van der Waals surface area contributed by atoms with Gasteiger partial charge in [0, 0.05) is 16.3 Å². The lowest BCUT2D eigenvalue weighted by atomic mass is 9.94. The van der Waals surface area contributed by atoms with E-state index in [0.717, 1.165) is 17.5 Å². The zero-order chi connectivity index (χ0) is 26.0. The molecule has 36 heavy (non-hydrogen) atoms. The van der Waals surface area contributed by atoms with Crippen molar-refractivity contribution < 1.29 is 24.2 Å². The molecular formula is C29H28ClNO5. The second kappa shape index (κ2) is 10.5. The smallest absolute Gasteiger partial charge is 0.300 e. The molecule has 1 N–H and O–H groups in total. The highest BCUT2D eigenvalue weighted by Gasteiger charge is 2.47. The van der Waals surface area contributed by atoms with Crippen molar-refractivity contribution >= 4 is 34.7 Å². The molecule has 7 heteroatoms. The molecule has 3 aromatic rings. The van der Waals surface area contributed by atoms with Gasteiger partial charge in [0.2, 0.25) is 0 Å². The Morgan fingerprint density at radius 3 is 2.33 bits per heavy atom. The number of Topliss-reactive ketones (excluding diaryl/α,β-unsaturated/α-hetero) is 1. The molecule has 1 saturated heterocycles. The summed E-state index contributed by atoms with van der Waals surface area (Å²) in [5.41, 5.74) is 3.20. The maximum absolute atomic E-state index is 13.4. The van der Waals surface area contributed by atoms with Crippen molar-refractivity contribution in [2.75, 3.05) is 18.6 Å². The number of ether oxygens (including phenoxy) is 2. The van der Waals surface area contributed by atoms with Crippen molar-refractivity contribution in [1.29, 1.82) is 0 Å². The van der Waals surface area contributed by atoms with Crippen LogP contribution in [0.4, 0.5) is 5.69 Å². The summed E-state index contributed by atoms with van der Waals surface area (Å²) < 4.78 is 11.0. The van der Waals surface area contributed by atoms with Gasteiger partial charge in [-0.2, -0.15) is 0 Å². The number of aliphatic hydroxyl groups excluding tert-OH is 1. The molecule has 3 aromatic carbocycles. The standard InChI is InChI=1S/C29H28ClNO5/c1-5-14-36-24-13-9-20(15-18(24)3)27(32)25-26(19-7-11-22(35-4)12-8-19)31(29(34)28(25)33)21-10-6-17(2)23(30)16-21/h6-13,15-16,26,32H,5,14H2,1-4H3/b27-25+. The average molecular weight is 506 g/mol. The van der Waals surface area contributed by atoms with E-state index in [2.05, 4.69) is 0 Å². The summed E-state index contributed by atoms with van der Waals surface area (Å²) in [7, 11) is 1.56. The number of nitrogens with zero attached hydrogens (tertiary/aromatic N) is 1. The Labute approximate surface area is 215 Å². The highest BCUT2D eigenvalue weighted by atomic mass is 35.5. The lowest BCUT2D eigenvalue weighted by Crippen LogP contribution is -2.29. The molecule has 6 nitrogen and oxygen atoms in total. The molecule has 1 aliphatic rings. The molecule has 1 atom stereocenters. The van der Waals surface area contributed by atoms with Gasteiger partial charge in [0.25, 0.3) is 11.7 Å². The molecule has 1 heterocycles. The molecule has 0 aromatic heterocycles. The van der Waals surface area contributed by atoms with Crippen LogP contribution < -0.4 is 14.4 Å². The van der Waals surface area contributed by atoms with E-state index >= 15 is 0 Å². The summed E-state index contributed by atoms with van der Waals surface area (Å²) in [6.07, 6.45) is 0.871. The van der Waals surface area contributed by atoms with Crippen LogP contribution in [0.15, 0.2) is 66.2 Å². The van der Waals surface area contributed by atoms with Gasteiger partial charge in [-0.1, -0.05) is 36.7 Å². The Morgan fingerprint density at radius 1 is 1.00 bits per heavy atom. The monoisotopic (exact) mass is 505 g/mol. The van der Waals surface area contributed by atoms with Crippen LogP contribution in [-0.2, 0) is 9.59 Å². The number of halogens is 1. The predicted octanol–water partition coefficient (Wildman–Crippen LogP) is 6.38. The Kier molecular flexibility index (Phi) is 7.36. The first-order valence-corrected chi connectivity index (χ1v) is 12.1. The maximum atomic E-state index is 13.4. The van der Waals surface area contributed by atoms with Gasteiger partial charge in [0.1, 0.15) is 17.3 Å². The number of methoxy groups -OCH3 is 1. The fraction of sp³-hybridized carbons (Fsp3) is 0.241. The van der Waals surface area contributed by atoms with Gasteiger partial charge in [-0.05, 0) is 79.4 Å². The number of aryl methyl sites for hydroxylation is 2. The van der Waals surface area contributed by atoms with Crippen molar-refractivity contribution in [3.8, 4) is 11.5 Å². The third kappa shape index (κ3) is 4.69. The van der Waals surface area contributed by atoms with Crippen LogP contribution in [0, 0.1) is 13.8 Å². The van der Waals surface area contributed by atoms with E-state index < -0.39 is 17.7 Å². The lowest BCUT2D eigenvalue weighted by molar-refractivity contribution is -0.132. The van der Waals surface area contributed by atoms with E-state index in [1.165, 1.54) is 4.90 Å². The van der Waals surface area contributed by atoms with Gasteiger partial charge in [-0.15, -0.1) is 0 Å².